The van der Waals surface area contributed by atoms with E-state index in [0.717, 1.165) is 44.2 Å². The zero-order valence-corrected chi connectivity index (χ0v) is 14.9. The van der Waals surface area contributed by atoms with E-state index in [4.69, 9.17) is 4.74 Å². The average molecular weight is 359 g/mol. The van der Waals surface area contributed by atoms with Crippen LogP contribution in [0.5, 0.6) is 0 Å². The fourth-order valence-electron chi connectivity index (χ4n) is 3.96. The van der Waals surface area contributed by atoms with Gasteiger partial charge in [0.05, 0.1) is 25.5 Å². The van der Waals surface area contributed by atoms with Gasteiger partial charge < -0.3 is 25.2 Å². The number of likely N-dealkylation sites (tertiary alicyclic amines) is 1. The van der Waals surface area contributed by atoms with Crippen LogP contribution in [0.15, 0.2) is 18.2 Å². The van der Waals surface area contributed by atoms with Crippen molar-refractivity contribution in [3.63, 3.8) is 0 Å². The Kier molecular flexibility index (Phi) is 4.67. The van der Waals surface area contributed by atoms with E-state index < -0.39 is 0 Å². The molecule has 2 N–H and O–H groups in total. The summed E-state index contributed by atoms with van der Waals surface area (Å²) in [6.07, 6.45) is 1.41. The minimum Gasteiger partial charge on any atom is -0.378 e. The molecular weight excluding hydrogens is 334 g/mol. The van der Waals surface area contributed by atoms with Crippen LogP contribution in [0.2, 0.25) is 0 Å². The highest BCUT2D eigenvalue weighted by atomic mass is 16.5. The maximum atomic E-state index is 12.5. The number of amides is 3. The Balaban J connectivity index is 1.31. The van der Waals surface area contributed by atoms with E-state index in [9.17, 15) is 9.59 Å². The molecule has 1 aromatic rings. The summed E-state index contributed by atoms with van der Waals surface area (Å²) in [5, 5.41) is 5.85. The molecule has 3 aliphatic rings. The molecule has 0 aromatic carbocycles. The van der Waals surface area contributed by atoms with Crippen LogP contribution in [0.3, 0.4) is 0 Å². The Hall–Kier alpha value is -2.35. The third-order valence-corrected chi connectivity index (χ3v) is 5.47. The fourth-order valence-corrected chi connectivity index (χ4v) is 3.96. The van der Waals surface area contributed by atoms with Crippen molar-refractivity contribution in [3.05, 3.63) is 23.9 Å². The summed E-state index contributed by atoms with van der Waals surface area (Å²) < 4.78 is 5.38. The molecular formula is C18H25N5O3. The van der Waals surface area contributed by atoms with Gasteiger partial charge in [0, 0.05) is 44.6 Å². The molecule has 3 aliphatic heterocycles. The van der Waals surface area contributed by atoms with Crippen LogP contribution >= 0.6 is 0 Å². The normalized spacial score (nSPS) is 25.6. The molecule has 1 aromatic heterocycles. The molecule has 0 saturated carbocycles. The number of nitrogens with zero attached hydrogens (tertiary/aromatic N) is 3. The highest BCUT2D eigenvalue weighted by Gasteiger charge is 2.45. The van der Waals surface area contributed by atoms with Gasteiger partial charge in [0.15, 0.2) is 0 Å². The number of ether oxygens (including phenoxy) is 1. The highest BCUT2D eigenvalue weighted by molar-refractivity contribution is 5.80. The molecule has 140 valence electrons. The SMILES string of the molecule is O=C1CC2(CCN(C(=O)NCc3cccc(N4CCOCC4)n3)C2)CN1. The highest BCUT2D eigenvalue weighted by Crippen LogP contribution is 2.36. The van der Waals surface area contributed by atoms with Crippen molar-refractivity contribution in [2.24, 2.45) is 5.41 Å². The van der Waals surface area contributed by atoms with Gasteiger partial charge in [-0.2, -0.15) is 0 Å². The van der Waals surface area contributed by atoms with Crippen LogP contribution < -0.4 is 15.5 Å². The number of pyridine rings is 1. The smallest absolute Gasteiger partial charge is 0.317 e. The van der Waals surface area contributed by atoms with Crippen molar-refractivity contribution in [3.8, 4) is 0 Å². The summed E-state index contributed by atoms with van der Waals surface area (Å²) in [5.41, 5.74) is 0.775. The van der Waals surface area contributed by atoms with Crippen LogP contribution in [-0.4, -0.2) is 67.8 Å². The van der Waals surface area contributed by atoms with Crippen molar-refractivity contribution in [2.75, 3.05) is 50.8 Å². The second kappa shape index (κ2) is 7.11. The fraction of sp³-hybridized carbons (Fsp3) is 0.611. The number of carbonyl (C=O) groups excluding carboxylic acids is 2. The van der Waals surface area contributed by atoms with E-state index >= 15 is 0 Å². The molecule has 0 radical (unpaired) electrons. The van der Waals surface area contributed by atoms with Gasteiger partial charge in [-0.25, -0.2) is 9.78 Å². The first kappa shape index (κ1) is 17.1. The molecule has 0 aliphatic carbocycles. The topological polar surface area (TPSA) is 86.8 Å². The lowest BCUT2D eigenvalue weighted by atomic mass is 9.86. The molecule has 1 spiro atoms. The molecule has 26 heavy (non-hydrogen) atoms. The standard InChI is InChI=1S/C18H25N5O3/c24-16-10-18(12-20-16)4-5-23(13-18)17(25)19-11-14-2-1-3-15(21-14)22-6-8-26-9-7-22/h1-3H,4-13H2,(H,19,25)(H,20,24). The molecule has 4 rings (SSSR count). The minimum absolute atomic E-state index is 0.0665. The van der Waals surface area contributed by atoms with Crippen molar-refractivity contribution in [2.45, 2.75) is 19.4 Å². The second-order valence-electron chi connectivity index (χ2n) is 7.37. The van der Waals surface area contributed by atoms with Crippen molar-refractivity contribution in [1.82, 2.24) is 20.5 Å². The lowest BCUT2D eigenvalue weighted by Gasteiger charge is -2.28. The van der Waals surface area contributed by atoms with Gasteiger partial charge in [-0.3, -0.25) is 4.79 Å². The van der Waals surface area contributed by atoms with Crippen molar-refractivity contribution in [1.29, 1.82) is 0 Å². The first-order valence-corrected chi connectivity index (χ1v) is 9.22. The number of morpholine rings is 1. The summed E-state index contributed by atoms with van der Waals surface area (Å²) in [6, 6.07) is 5.81. The number of hydrogen-bond acceptors (Lipinski definition) is 5. The number of urea groups is 1. The Morgan fingerprint density at radius 1 is 1.31 bits per heavy atom. The minimum atomic E-state index is -0.0835. The molecule has 8 nitrogen and oxygen atoms in total. The number of aromatic nitrogens is 1. The molecule has 3 fully saturated rings. The monoisotopic (exact) mass is 359 g/mol. The lowest BCUT2D eigenvalue weighted by Crippen LogP contribution is -2.40. The van der Waals surface area contributed by atoms with Gasteiger partial charge in [0.25, 0.3) is 0 Å². The van der Waals surface area contributed by atoms with E-state index in [2.05, 4.69) is 20.5 Å². The number of nitrogens with one attached hydrogen (secondary N) is 2. The summed E-state index contributed by atoms with van der Waals surface area (Å²) in [6.45, 7) is 5.53. The first-order chi connectivity index (χ1) is 12.6. The van der Waals surface area contributed by atoms with E-state index in [1.54, 1.807) is 0 Å². The van der Waals surface area contributed by atoms with E-state index in [0.29, 0.717) is 32.6 Å². The summed E-state index contributed by atoms with van der Waals surface area (Å²) in [4.78, 5) is 32.7. The molecule has 3 amide bonds. The van der Waals surface area contributed by atoms with Crippen LogP contribution in [0.4, 0.5) is 10.6 Å². The maximum absolute atomic E-state index is 12.5. The Morgan fingerprint density at radius 3 is 2.92 bits per heavy atom. The second-order valence-corrected chi connectivity index (χ2v) is 7.37. The predicted molar refractivity (Wildman–Crippen MR) is 95.8 cm³/mol. The quantitative estimate of drug-likeness (QED) is 0.813. The summed E-state index contributed by atoms with van der Waals surface area (Å²) in [5.74, 6) is 1.02. The zero-order chi connectivity index (χ0) is 18.0. The van der Waals surface area contributed by atoms with Gasteiger partial charge in [-0.15, -0.1) is 0 Å². The number of rotatable bonds is 3. The van der Waals surface area contributed by atoms with E-state index in [1.165, 1.54) is 0 Å². The van der Waals surface area contributed by atoms with Gasteiger partial charge in [0.1, 0.15) is 5.82 Å². The van der Waals surface area contributed by atoms with E-state index in [-0.39, 0.29) is 17.4 Å². The van der Waals surface area contributed by atoms with Crippen molar-refractivity contribution >= 4 is 17.8 Å². The van der Waals surface area contributed by atoms with Gasteiger partial charge in [-0.05, 0) is 18.6 Å². The van der Waals surface area contributed by atoms with Gasteiger partial charge in [-0.1, -0.05) is 6.07 Å². The lowest BCUT2D eigenvalue weighted by molar-refractivity contribution is -0.119. The Bertz CT molecular complexity index is 691. The molecule has 1 atom stereocenters. The summed E-state index contributed by atoms with van der Waals surface area (Å²) in [7, 11) is 0. The van der Waals surface area contributed by atoms with Gasteiger partial charge in [0.2, 0.25) is 5.91 Å². The van der Waals surface area contributed by atoms with Crippen LogP contribution in [0.25, 0.3) is 0 Å². The third-order valence-electron chi connectivity index (χ3n) is 5.47. The third kappa shape index (κ3) is 3.60. The Morgan fingerprint density at radius 2 is 2.15 bits per heavy atom. The number of anilines is 1. The largest absolute Gasteiger partial charge is 0.378 e. The molecule has 0 bridgehead atoms. The average Bonchev–Trinajstić information content (AvgIpc) is 3.26. The zero-order valence-electron chi connectivity index (χ0n) is 14.9. The van der Waals surface area contributed by atoms with E-state index in [1.807, 2.05) is 23.1 Å². The van der Waals surface area contributed by atoms with Crippen LogP contribution in [-0.2, 0) is 16.1 Å². The van der Waals surface area contributed by atoms with Crippen LogP contribution in [0, 0.1) is 5.41 Å². The predicted octanol–water partition coefficient (Wildman–Crippen LogP) is 0.340. The van der Waals surface area contributed by atoms with Crippen molar-refractivity contribution < 1.29 is 14.3 Å². The maximum Gasteiger partial charge on any atom is 0.317 e. The molecule has 3 saturated heterocycles. The molecule has 8 heteroatoms. The number of carbonyl (C=O) groups is 2. The molecule has 4 heterocycles. The van der Waals surface area contributed by atoms with Crippen LogP contribution in [0.1, 0.15) is 18.5 Å². The van der Waals surface area contributed by atoms with Gasteiger partial charge >= 0.3 is 6.03 Å². The molecule has 1 unspecified atom stereocenters. The summed E-state index contributed by atoms with van der Waals surface area (Å²) >= 11 is 0. The first-order valence-electron chi connectivity index (χ1n) is 9.22. The number of hydrogen-bond donors (Lipinski definition) is 2. The Labute approximate surface area is 152 Å².